The van der Waals surface area contributed by atoms with Crippen molar-refractivity contribution in [2.24, 2.45) is 11.7 Å². The highest BCUT2D eigenvalue weighted by Crippen LogP contribution is 2.29. The molecule has 1 aromatic rings. The van der Waals surface area contributed by atoms with Gasteiger partial charge in [-0.25, -0.2) is 4.39 Å². The number of benzene rings is 1. The number of hydrogen-bond acceptors (Lipinski definition) is 2. The van der Waals surface area contributed by atoms with Crippen LogP contribution in [0, 0.1) is 11.7 Å². The lowest BCUT2D eigenvalue weighted by Crippen LogP contribution is -2.38. The molecule has 1 saturated carbocycles. The Kier molecular flexibility index (Phi) is 5.47. The molecular formula is C15H19Cl2FN2O. The highest BCUT2D eigenvalue weighted by Gasteiger charge is 2.26. The number of amides is 1. The molecule has 2 rings (SSSR count). The number of rotatable bonds is 3. The minimum Gasteiger partial charge on any atom is -0.349 e. The van der Waals surface area contributed by atoms with Crippen LogP contribution in [0.2, 0.25) is 10.0 Å². The summed E-state index contributed by atoms with van der Waals surface area (Å²) in [6.45, 7) is 1.77. The van der Waals surface area contributed by atoms with Crippen LogP contribution in [0.5, 0.6) is 0 Å². The maximum absolute atomic E-state index is 13.5. The molecule has 3 N–H and O–H groups in total. The number of halogens is 3. The first-order valence-corrected chi connectivity index (χ1v) is 7.84. The molecule has 116 valence electrons. The Balaban J connectivity index is 2.05. The van der Waals surface area contributed by atoms with Gasteiger partial charge in [0, 0.05) is 17.0 Å². The molecule has 1 amide bonds. The molecule has 1 aliphatic rings. The average Bonchev–Trinajstić information content (AvgIpc) is 2.42. The van der Waals surface area contributed by atoms with Crippen LogP contribution in [0.15, 0.2) is 12.1 Å². The van der Waals surface area contributed by atoms with Gasteiger partial charge in [-0.05, 0) is 43.9 Å². The Morgan fingerprint density at radius 2 is 2.10 bits per heavy atom. The van der Waals surface area contributed by atoms with Crippen molar-refractivity contribution in [2.45, 2.75) is 44.7 Å². The van der Waals surface area contributed by atoms with E-state index in [0.29, 0.717) is 17.0 Å². The number of hydrogen-bond donors (Lipinski definition) is 2. The summed E-state index contributed by atoms with van der Waals surface area (Å²) in [5, 5.41) is 3.20. The van der Waals surface area contributed by atoms with Crippen molar-refractivity contribution in [1.82, 2.24) is 5.32 Å². The zero-order valence-corrected chi connectivity index (χ0v) is 13.3. The van der Waals surface area contributed by atoms with Crippen molar-refractivity contribution in [2.75, 3.05) is 0 Å². The van der Waals surface area contributed by atoms with Gasteiger partial charge in [-0.1, -0.05) is 29.6 Å². The number of carbonyl (C=O) groups excluding carboxylic acids is 1. The normalized spacial score (nSPS) is 23.7. The van der Waals surface area contributed by atoms with Crippen LogP contribution in [-0.2, 0) is 4.79 Å². The third kappa shape index (κ3) is 4.09. The first kappa shape index (κ1) is 16.5. The van der Waals surface area contributed by atoms with Crippen LogP contribution in [0.25, 0.3) is 0 Å². The van der Waals surface area contributed by atoms with Gasteiger partial charge in [-0.2, -0.15) is 0 Å². The first-order chi connectivity index (χ1) is 9.88. The Bertz CT molecular complexity index is 539. The quantitative estimate of drug-likeness (QED) is 0.826. The number of carbonyl (C=O) groups is 1. The molecule has 21 heavy (non-hydrogen) atoms. The van der Waals surface area contributed by atoms with Gasteiger partial charge in [0.2, 0.25) is 5.91 Å². The topological polar surface area (TPSA) is 55.1 Å². The lowest BCUT2D eigenvalue weighted by Gasteiger charge is -2.27. The van der Waals surface area contributed by atoms with E-state index >= 15 is 0 Å². The van der Waals surface area contributed by atoms with E-state index in [1.54, 1.807) is 6.92 Å². The monoisotopic (exact) mass is 332 g/mol. The highest BCUT2D eigenvalue weighted by atomic mass is 35.5. The van der Waals surface area contributed by atoms with Crippen molar-refractivity contribution in [3.63, 3.8) is 0 Å². The second kappa shape index (κ2) is 6.95. The highest BCUT2D eigenvalue weighted by molar-refractivity contribution is 6.35. The second-order valence-electron chi connectivity index (χ2n) is 5.64. The molecule has 0 heterocycles. The van der Waals surface area contributed by atoms with Gasteiger partial charge in [-0.3, -0.25) is 4.79 Å². The van der Waals surface area contributed by atoms with Gasteiger partial charge in [0.15, 0.2) is 0 Å². The predicted octanol–water partition coefficient (Wildman–Crippen LogP) is 3.83. The van der Waals surface area contributed by atoms with Gasteiger partial charge >= 0.3 is 0 Å². The van der Waals surface area contributed by atoms with E-state index in [1.807, 2.05) is 0 Å². The predicted molar refractivity (Wildman–Crippen MR) is 82.9 cm³/mol. The molecule has 0 spiro atoms. The standard InChI is InChI=1S/C15H19Cl2FN2O/c1-8(11-6-14(18)13(17)7-12(11)16)20-15(21)9-3-2-4-10(19)5-9/h6-10H,2-5,19H2,1H3,(H,20,21). The Hall–Kier alpha value is -0.840. The smallest absolute Gasteiger partial charge is 0.223 e. The van der Waals surface area contributed by atoms with Crippen molar-refractivity contribution in [3.8, 4) is 0 Å². The molecule has 6 heteroatoms. The lowest BCUT2D eigenvalue weighted by molar-refractivity contribution is -0.126. The Morgan fingerprint density at radius 1 is 1.38 bits per heavy atom. The average molecular weight is 333 g/mol. The van der Waals surface area contributed by atoms with Crippen LogP contribution in [0.1, 0.15) is 44.2 Å². The minimum absolute atomic E-state index is 0.0273. The maximum Gasteiger partial charge on any atom is 0.223 e. The van der Waals surface area contributed by atoms with E-state index in [2.05, 4.69) is 5.32 Å². The summed E-state index contributed by atoms with van der Waals surface area (Å²) in [4.78, 5) is 12.3. The van der Waals surface area contributed by atoms with Crippen molar-refractivity contribution < 1.29 is 9.18 Å². The SMILES string of the molecule is CC(NC(=O)C1CCCC(N)C1)c1cc(F)c(Cl)cc1Cl. The van der Waals surface area contributed by atoms with E-state index in [0.717, 1.165) is 19.3 Å². The summed E-state index contributed by atoms with van der Waals surface area (Å²) in [6, 6.07) is 2.33. The fraction of sp³-hybridized carbons (Fsp3) is 0.533. The first-order valence-electron chi connectivity index (χ1n) is 7.09. The van der Waals surface area contributed by atoms with Crippen LogP contribution < -0.4 is 11.1 Å². The summed E-state index contributed by atoms with van der Waals surface area (Å²) in [5.41, 5.74) is 6.42. The molecule has 3 atom stereocenters. The van der Waals surface area contributed by atoms with E-state index in [-0.39, 0.29) is 28.9 Å². The summed E-state index contributed by atoms with van der Waals surface area (Å²) in [7, 11) is 0. The fourth-order valence-corrected chi connectivity index (χ4v) is 3.29. The molecular weight excluding hydrogens is 314 g/mol. The molecule has 0 aromatic heterocycles. The summed E-state index contributed by atoms with van der Waals surface area (Å²) in [5.74, 6) is -0.673. The maximum atomic E-state index is 13.5. The molecule has 0 aliphatic heterocycles. The summed E-state index contributed by atoms with van der Waals surface area (Å²) < 4.78 is 13.5. The molecule has 3 unspecified atom stereocenters. The Labute approximate surface area is 134 Å². The van der Waals surface area contributed by atoms with Gasteiger partial charge in [0.1, 0.15) is 5.82 Å². The van der Waals surface area contributed by atoms with E-state index in [1.165, 1.54) is 12.1 Å². The van der Waals surface area contributed by atoms with Crippen molar-refractivity contribution in [3.05, 3.63) is 33.6 Å². The van der Waals surface area contributed by atoms with E-state index < -0.39 is 5.82 Å². The number of nitrogens with two attached hydrogens (primary N) is 1. The molecule has 0 bridgehead atoms. The van der Waals surface area contributed by atoms with Gasteiger partial charge < -0.3 is 11.1 Å². The van der Waals surface area contributed by atoms with Crippen LogP contribution in [0.4, 0.5) is 4.39 Å². The lowest BCUT2D eigenvalue weighted by atomic mass is 9.85. The zero-order valence-electron chi connectivity index (χ0n) is 11.8. The van der Waals surface area contributed by atoms with Crippen molar-refractivity contribution in [1.29, 1.82) is 0 Å². The zero-order chi connectivity index (χ0) is 15.6. The van der Waals surface area contributed by atoms with Crippen LogP contribution in [-0.4, -0.2) is 11.9 Å². The third-order valence-corrected chi connectivity index (χ3v) is 4.57. The molecule has 3 nitrogen and oxygen atoms in total. The van der Waals surface area contributed by atoms with Gasteiger partial charge in [0.05, 0.1) is 11.1 Å². The molecule has 0 saturated heterocycles. The van der Waals surface area contributed by atoms with Gasteiger partial charge in [-0.15, -0.1) is 0 Å². The summed E-state index contributed by atoms with van der Waals surface area (Å²) in [6.07, 6.45) is 3.47. The minimum atomic E-state index is -0.545. The Morgan fingerprint density at radius 3 is 2.76 bits per heavy atom. The molecule has 1 aliphatic carbocycles. The fourth-order valence-electron chi connectivity index (χ4n) is 2.74. The summed E-state index contributed by atoms with van der Waals surface area (Å²) >= 11 is 11.7. The van der Waals surface area contributed by atoms with Crippen LogP contribution >= 0.6 is 23.2 Å². The largest absolute Gasteiger partial charge is 0.349 e. The molecule has 1 aromatic carbocycles. The van der Waals surface area contributed by atoms with Crippen LogP contribution in [0.3, 0.4) is 0 Å². The molecule has 1 fully saturated rings. The van der Waals surface area contributed by atoms with E-state index in [4.69, 9.17) is 28.9 Å². The second-order valence-corrected chi connectivity index (χ2v) is 6.46. The third-order valence-electron chi connectivity index (χ3n) is 3.95. The molecule has 0 radical (unpaired) electrons. The number of nitrogens with one attached hydrogen (secondary N) is 1. The van der Waals surface area contributed by atoms with E-state index in [9.17, 15) is 9.18 Å². The van der Waals surface area contributed by atoms with Crippen molar-refractivity contribution >= 4 is 29.1 Å². The van der Waals surface area contributed by atoms with Gasteiger partial charge in [0.25, 0.3) is 0 Å².